The highest BCUT2D eigenvalue weighted by Gasteiger charge is 1.95. The number of thiazole rings is 1. The minimum Gasteiger partial charge on any atom is -0.399 e. The molecule has 2 rings (SSSR count). The van der Waals surface area contributed by atoms with E-state index in [4.69, 9.17) is 5.73 Å². The molecule has 4 heteroatoms. The first kappa shape index (κ1) is 10.1. The molecule has 0 saturated heterocycles. The van der Waals surface area contributed by atoms with Crippen LogP contribution < -0.4 is 11.1 Å². The Bertz CT molecular complexity index is 394. The van der Waals surface area contributed by atoms with Crippen LogP contribution in [0.25, 0.3) is 0 Å². The Labute approximate surface area is 93.0 Å². The SMILES string of the molecule is Nc1ccc(CNCc2cscn2)cc1. The van der Waals surface area contributed by atoms with E-state index in [2.05, 4.69) is 15.7 Å². The van der Waals surface area contributed by atoms with E-state index in [-0.39, 0.29) is 0 Å². The first-order valence-electron chi connectivity index (χ1n) is 4.77. The quantitative estimate of drug-likeness (QED) is 0.773. The predicted octanol–water partition coefficient (Wildman–Crippen LogP) is 2.02. The van der Waals surface area contributed by atoms with E-state index < -0.39 is 0 Å². The van der Waals surface area contributed by atoms with E-state index in [1.807, 2.05) is 29.8 Å². The third-order valence-electron chi connectivity index (χ3n) is 2.10. The molecule has 0 atom stereocenters. The summed E-state index contributed by atoms with van der Waals surface area (Å²) in [6.07, 6.45) is 0. The minimum absolute atomic E-state index is 0.804. The Morgan fingerprint density at radius 2 is 2.00 bits per heavy atom. The van der Waals surface area contributed by atoms with Crippen LogP contribution in [-0.4, -0.2) is 4.98 Å². The first-order chi connectivity index (χ1) is 7.34. The van der Waals surface area contributed by atoms with E-state index in [1.54, 1.807) is 11.3 Å². The molecule has 0 aliphatic rings. The van der Waals surface area contributed by atoms with Gasteiger partial charge in [-0.3, -0.25) is 0 Å². The second kappa shape index (κ2) is 4.91. The summed E-state index contributed by atoms with van der Waals surface area (Å²) >= 11 is 1.62. The third kappa shape index (κ3) is 3.04. The van der Waals surface area contributed by atoms with Crippen LogP contribution in [0.15, 0.2) is 35.2 Å². The van der Waals surface area contributed by atoms with Crippen LogP contribution in [0.3, 0.4) is 0 Å². The van der Waals surface area contributed by atoms with Gasteiger partial charge in [0.2, 0.25) is 0 Å². The number of nitrogens with two attached hydrogens (primary N) is 1. The molecule has 1 heterocycles. The maximum atomic E-state index is 5.60. The highest BCUT2D eigenvalue weighted by molar-refractivity contribution is 7.07. The third-order valence-corrected chi connectivity index (χ3v) is 2.73. The van der Waals surface area contributed by atoms with Crippen LogP contribution in [0.1, 0.15) is 11.3 Å². The van der Waals surface area contributed by atoms with Crippen molar-refractivity contribution in [2.24, 2.45) is 0 Å². The maximum Gasteiger partial charge on any atom is 0.0795 e. The summed E-state index contributed by atoms with van der Waals surface area (Å²) in [4.78, 5) is 4.20. The van der Waals surface area contributed by atoms with Crippen molar-refractivity contribution in [2.75, 3.05) is 5.73 Å². The number of hydrogen-bond acceptors (Lipinski definition) is 4. The Morgan fingerprint density at radius 1 is 1.20 bits per heavy atom. The Balaban J connectivity index is 1.81. The molecule has 0 saturated carbocycles. The smallest absolute Gasteiger partial charge is 0.0795 e. The van der Waals surface area contributed by atoms with Crippen molar-refractivity contribution < 1.29 is 0 Å². The Morgan fingerprint density at radius 3 is 2.67 bits per heavy atom. The summed E-state index contributed by atoms with van der Waals surface area (Å²) in [7, 11) is 0. The van der Waals surface area contributed by atoms with Gasteiger partial charge in [0.1, 0.15) is 0 Å². The van der Waals surface area contributed by atoms with Crippen LogP contribution in [0, 0.1) is 0 Å². The molecule has 0 aliphatic carbocycles. The average molecular weight is 219 g/mol. The number of aromatic nitrogens is 1. The van der Waals surface area contributed by atoms with Crippen molar-refractivity contribution in [1.82, 2.24) is 10.3 Å². The summed E-state index contributed by atoms with van der Waals surface area (Å²) in [6.45, 7) is 1.66. The molecule has 0 radical (unpaired) electrons. The highest BCUT2D eigenvalue weighted by Crippen LogP contribution is 2.05. The summed E-state index contributed by atoms with van der Waals surface area (Å²) < 4.78 is 0. The fraction of sp³-hybridized carbons (Fsp3) is 0.182. The van der Waals surface area contributed by atoms with E-state index in [0.717, 1.165) is 24.5 Å². The zero-order chi connectivity index (χ0) is 10.5. The van der Waals surface area contributed by atoms with Crippen molar-refractivity contribution in [3.05, 3.63) is 46.4 Å². The highest BCUT2D eigenvalue weighted by atomic mass is 32.1. The van der Waals surface area contributed by atoms with Gasteiger partial charge in [-0.05, 0) is 17.7 Å². The fourth-order valence-electron chi connectivity index (χ4n) is 1.30. The van der Waals surface area contributed by atoms with Crippen LogP contribution in [0.2, 0.25) is 0 Å². The minimum atomic E-state index is 0.804. The number of hydrogen-bond donors (Lipinski definition) is 2. The summed E-state index contributed by atoms with van der Waals surface area (Å²) in [5, 5.41) is 5.38. The lowest BCUT2D eigenvalue weighted by Gasteiger charge is -2.03. The second-order valence-corrected chi connectivity index (χ2v) is 4.04. The maximum absolute atomic E-state index is 5.60. The molecular weight excluding hydrogens is 206 g/mol. The predicted molar refractivity (Wildman–Crippen MR) is 63.5 cm³/mol. The molecule has 0 bridgehead atoms. The first-order valence-corrected chi connectivity index (χ1v) is 5.71. The standard InChI is InChI=1S/C11H13N3S/c12-10-3-1-9(2-4-10)5-13-6-11-7-15-8-14-11/h1-4,7-8,13H,5-6,12H2. The zero-order valence-corrected chi connectivity index (χ0v) is 9.13. The Hall–Kier alpha value is -1.39. The van der Waals surface area contributed by atoms with E-state index >= 15 is 0 Å². The van der Waals surface area contributed by atoms with Gasteiger partial charge >= 0.3 is 0 Å². The number of benzene rings is 1. The molecule has 3 N–H and O–H groups in total. The molecular formula is C11H13N3S. The normalized spacial score (nSPS) is 10.4. The molecule has 0 fully saturated rings. The summed E-state index contributed by atoms with van der Waals surface area (Å²) in [5.74, 6) is 0. The van der Waals surface area contributed by atoms with E-state index in [0.29, 0.717) is 0 Å². The summed E-state index contributed by atoms with van der Waals surface area (Å²) in [6, 6.07) is 7.90. The van der Waals surface area contributed by atoms with Crippen LogP contribution in [0.4, 0.5) is 5.69 Å². The molecule has 1 aromatic heterocycles. The van der Waals surface area contributed by atoms with Gasteiger partial charge in [-0.25, -0.2) is 4.98 Å². The van der Waals surface area contributed by atoms with Gasteiger partial charge in [0.15, 0.2) is 0 Å². The number of nitrogen functional groups attached to an aromatic ring is 1. The second-order valence-electron chi connectivity index (χ2n) is 3.32. The number of nitrogens with one attached hydrogen (secondary N) is 1. The fourth-order valence-corrected chi connectivity index (χ4v) is 1.85. The average Bonchev–Trinajstić information content (AvgIpc) is 2.74. The molecule has 78 valence electrons. The molecule has 0 spiro atoms. The molecule has 1 aromatic carbocycles. The lowest BCUT2D eigenvalue weighted by atomic mass is 10.2. The van der Waals surface area contributed by atoms with Gasteiger partial charge in [-0.15, -0.1) is 11.3 Å². The number of rotatable bonds is 4. The molecule has 3 nitrogen and oxygen atoms in total. The van der Waals surface area contributed by atoms with Gasteiger partial charge in [-0.2, -0.15) is 0 Å². The zero-order valence-electron chi connectivity index (χ0n) is 8.31. The van der Waals surface area contributed by atoms with E-state index in [9.17, 15) is 0 Å². The number of nitrogens with zero attached hydrogens (tertiary/aromatic N) is 1. The topological polar surface area (TPSA) is 50.9 Å². The summed E-state index contributed by atoms with van der Waals surface area (Å²) in [5.41, 5.74) is 10.6. The number of anilines is 1. The van der Waals surface area contributed by atoms with Gasteiger partial charge < -0.3 is 11.1 Å². The largest absolute Gasteiger partial charge is 0.399 e. The molecule has 15 heavy (non-hydrogen) atoms. The lowest BCUT2D eigenvalue weighted by molar-refractivity contribution is 0.683. The van der Waals surface area contributed by atoms with Crippen LogP contribution in [0.5, 0.6) is 0 Å². The van der Waals surface area contributed by atoms with Crippen LogP contribution >= 0.6 is 11.3 Å². The van der Waals surface area contributed by atoms with Crippen molar-refractivity contribution in [2.45, 2.75) is 13.1 Å². The van der Waals surface area contributed by atoms with E-state index in [1.165, 1.54) is 5.56 Å². The van der Waals surface area contributed by atoms with Gasteiger partial charge in [0.05, 0.1) is 11.2 Å². The molecule has 0 aliphatic heterocycles. The van der Waals surface area contributed by atoms with Crippen molar-refractivity contribution >= 4 is 17.0 Å². The van der Waals surface area contributed by atoms with Gasteiger partial charge in [0, 0.05) is 24.2 Å². The van der Waals surface area contributed by atoms with Crippen molar-refractivity contribution in [3.8, 4) is 0 Å². The molecule has 0 amide bonds. The van der Waals surface area contributed by atoms with Crippen molar-refractivity contribution in [1.29, 1.82) is 0 Å². The Kier molecular flexibility index (Phi) is 3.32. The van der Waals surface area contributed by atoms with Crippen LogP contribution in [-0.2, 0) is 13.1 Å². The van der Waals surface area contributed by atoms with Gasteiger partial charge in [-0.1, -0.05) is 12.1 Å². The van der Waals surface area contributed by atoms with Gasteiger partial charge in [0.25, 0.3) is 0 Å². The monoisotopic (exact) mass is 219 g/mol. The molecule has 2 aromatic rings. The molecule has 0 unspecified atom stereocenters. The van der Waals surface area contributed by atoms with Crippen molar-refractivity contribution in [3.63, 3.8) is 0 Å². The lowest BCUT2D eigenvalue weighted by Crippen LogP contribution is -2.12.